The second-order valence-corrected chi connectivity index (χ2v) is 7.45. The molecule has 5 unspecified atom stereocenters. The summed E-state index contributed by atoms with van der Waals surface area (Å²) in [4.78, 5) is 0. The highest BCUT2D eigenvalue weighted by molar-refractivity contribution is 5.26. The minimum Gasteiger partial charge on any atom is -0.467 e. The molecule has 6 atom stereocenters. The highest BCUT2D eigenvalue weighted by atomic mass is 16.6. The molecule has 4 rings (SSSR count). The van der Waals surface area contributed by atoms with Crippen molar-refractivity contribution in [3.8, 4) is 12.1 Å². The van der Waals surface area contributed by atoms with Crippen LogP contribution in [-0.2, 0) is 18.9 Å². The van der Waals surface area contributed by atoms with Crippen LogP contribution in [0.15, 0.2) is 46.6 Å². The van der Waals surface area contributed by atoms with Gasteiger partial charge in [-0.2, -0.15) is 10.5 Å². The van der Waals surface area contributed by atoms with Crippen LogP contribution >= 0.6 is 0 Å². The first-order chi connectivity index (χ1) is 14.3. The number of fused-ring (bicyclic) bond motifs is 1. The van der Waals surface area contributed by atoms with Crippen LogP contribution in [0.25, 0.3) is 0 Å². The molecule has 29 heavy (non-hydrogen) atoms. The minimum atomic E-state index is -0.442. The van der Waals surface area contributed by atoms with Crippen molar-refractivity contribution >= 4 is 0 Å². The van der Waals surface area contributed by atoms with Crippen molar-refractivity contribution in [2.45, 2.75) is 49.8 Å². The Kier molecular flexibility index (Phi) is 6.43. The zero-order valence-corrected chi connectivity index (χ0v) is 16.1. The number of furan rings is 1. The summed E-state index contributed by atoms with van der Waals surface area (Å²) < 4.78 is 29.6. The summed E-state index contributed by atoms with van der Waals surface area (Å²) in [6.45, 7) is 1.40. The lowest BCUT2D eigenvalue weighted by Gasteiger charge is -2.22. The van der Waals surface area contributed by atoms with E-state index in [0.717, 1.165) is 12.0 Å². The van der Waals surface area contributed by atoms with E-state index in [0.29, 0.717) is 32.0 Å². The Morgan fingerprint density at radius 1 is 1.10 bits per heavy atom. The van der Waals surface area contributed by atoms with Gasteiger partial charge in [0.25, 0.3) is 0 Å². The van der Waals surface area contributed by atoms with Crippen molar-refractivity contribution in [3.05, 3.63) is 48.0 Å². The fraction of sp³-hybridized carbons (Fsp3) is 0.545. The first kappa shape index (κ1) is 19.9. The molecule has 0 N–H and O–H groups in total. The first-order valence-corrected chi connectivity index (χ1v) is 9.93. The van der Waals surface area contributed by atoms with Crippen molar-refractivity contribution < 1.29 is 23.4 Å². The zero-order chi connectivity index (χ0) is 20.1. The molecule has 2 fully saturated rings. The van der Waals surface area contributed by atoms with E-state index in [1.165, 1.54) is 0 Å². The summed E-state index contributed by atoms with van der Waals surface area (Å²) in [6.07, 6.45) is 7.83. The third-order valence-electron chi connectivity index (χ3n) is 5.59. The molecule has 152 valence electrons. The van der Waals surface area contributed by atoms with Gasteiger partial charge in [0.2, 0.25) is 0 Å². The third-order valence-corrected chi connectivity index (χ3v) is 5.59. The summed E-state index contributed by atoms with van der Waals surface area (Å²) in [5.41, 5.74) is 1.13. The van der Waals surface area contributed by atoms with Gasteiger partial charge < -0.3 is 23.4 Å². The Morgan fingerprint density at radius 2 is 1.93 bits per heavy atom. The molecule has 0 saturated carbocycles. The number of nitrogens with zero attached hydrogens (tertiary/aromatic N) is 2. The summed E-state index contributed by atoms with van der Waals surface area (Å²) >= 11 is 0. The Morgan fingerprint density at radius 3 is 2.66 bits per heavy atom. The van der Waals surface area contributed by atoms with Crippen molar-refractivity contribution in [2.24, 2.45) is 5.92 Å². The molecule has 3 heterocycles. The molecule has 7 nitrogen and oxygen atoms in total. The van der Waals surface area contributed by atoms with E-state index < -0.39 is 6.10 Å². The van der Waals surface area contributed by atoms with Crippen LogP contribution in [0, 0.1) is 28.6 Å². The van der Waals surface area contributed by atoms with Crippen LogP contribution in [0.5, 0.6) is 0 Å². The van der Waals surface area contributed by atoms with Crippen LogP contribution in [0.3, 0.4) is 0 Å². The van der Waals surface area contributed by atoms with Gasteiger partial charge >= 0.3 is 0 Å². The average molecular weight is 396 g/mol. The van der Waals surface area contributed by atoms with E-state index in [4.69, 9.17) is 33.9 Å². The molecule has 2 saturated heterocycles. The van der Waals surface area contributed by atoms with Gasteiger partial charge in [-0.1, -0.05) is 18.2 Å². The fourth-order valence-corrected chi connectivity index (χ4v) is 4.11. The molecule has 0 aromatic carbocycles. The first-order valence-electron chi connectivity index (χ1n) is 9.93. The molecule has 2 aliphatic heterocycles. The number of rotatable bonds is 9. The second kappa shape index (κ2) is 9.39. The maximum atomic E-state index is 9.11. The molecule has 0 spiro atoms. The smallest absolute Gasteiger partial charge is 0.133 e. The molecular weight excluding hydrogens is 372 g/mol. The predicted octanol–water partition coefficient (Wildman–Crippen LogP) is 3.22. The predicted molar refractivity (Wildman–Crippen MR) is 101 cm³/mol. The quantitative estimate of drug-likeness (QED) is 0.632. The normalized spacial score (nSPS) is 29.8. The van der Waals surface area contributed by atoms with Gasteiger partial charge in [0.05, 0.1) is 63.3 Å². The Labute approximate surface area is 170 Å². The summed E-state index contributed by atoms with van der Waals surface area (Å²) in [5.74, 6) is 0.716. The highest BCUT2D eigenvalue weighted by Gasteiger charge is 2.49. The number of nitriles is 2. The van der Waals surface area contributed by atoms with Gasteiger partial charge in [0.1, 0.15) is 24.1 Å². The van der Waals surface area contributed by atoms with E-state index in [1.807, 2.05) is 18.2 Å². The number of allylic oxidation sites excluding steroid dienone is 3. The van der Waals surface area contributed by atoms with Gasteiger partial charge in [-0.3, -0.25) is 0 Å². The summed E-state index contributed by atoms with van der Waals surface area (Å²) in [6, 6.07) is 7.95. The molecule has 0 radical (unpaired) electrons. The van der Waals surface area contributed by atoms with E-state index in [-0.39, 0.29) is 36.8 Å². The molecule has 1 aliphatic carbocycles. The molecule has 7 heteroatoms. The third kappa shape index (κ3) is 4.44. The molecule has 0 bridgehead atoms. The zero-order valence-electron chi connectivity index (χ0n) is 16.1. The van der Waals surface area contributed by atoms with Gasteiger partial charge in [-0.05, 0) is 24.1 Å². The SMILES string of the molecule is N#CCC(OCC1COC2C1OC[C@@H]2OC(CC#N)c1ccco1)C1=CC=CC1. The van der Waals surface area contributed by atoms with E-state index in [2.05, 4.69) is 18.2 Å². The van der Waals surface area contributed by atoms with Crippen molar-refractivity contribution in [2.75, 3.05) is 19.8 Å². The standard InChI is InChI=1S/C22H24N2O5/c23-9-7-17(15-4-1-2-5-15)26-12-16-13-27-22-20(14-28-21(16)22)29-19(8-10-24)18-6-3-11-25-18/h1-4,6,11,16-17,19-22H,5,7-8,12-14H2/t16?,17?,19?,20-,21?,22?/m0/s1. The second-order valence-electron chi connectivity index (χ2n) is 7.45. The fourth-order valence-electron chi connectivity index (χ4n) is 4.11. The van der Waals surface area contributed by atoms with Gasteiger partial charge in [0, 0.05) is 5.92 Å². The Hall–Kier alpha value is -2.42. The van der Waals surface area contributed by atoms with Crippen molar-refractivity contribution in [1.29, 1.82) is 10.5 Å². The van der Waals surface area contributed by atoms with Gasteiger partial charge in [-0.25, -0.2) is 0 Å². The van der Waals surface area contributed by atoms with Crippen molar-refractivity contribution in [1.82, 2.24) is 0 Å². The van der Waals surface area contributed by atoms with Gasteiger partial charge in [0.15, 0.2) is 0 Å². The highest BCUT2D eigenvalue weighted by Crippen LogP contribution is 2.36. The lowest BCUT2D eigenvalue weighted by Crippen LogP contribution is -2.33. The van der Waals surface area contributed by atoms with E-state index in [1.54, 1.807) is 12.3 Å². The van der Waals surface area contributed by atoms with Gasteiger partial charge in [-0.15, -0.1) is 0 Å². The van der Waals surface area contributed by atoms with Crippen LogP contribution in [0.4, 0.5) is 0 Å². The molecule has 3 aliphatic rings. The Balaban J connectivity index is 1.33. The topological polar surface area (TPSA) is 97.6 Å². The maximum absolute atomic E-state index is 9.11. The lowest BCUT2D eigenvalue weighted by atomic mass is 10.0. The maximum Gasteiger partial charge on any atom is 0.133 e. The van der Waals surface area contributed by atoms with Crippen LogP contribution < -0.4 is 0 Å². The number of hydrogen-bond donors (Lipinski definition) is 0. The summed E-state index contributed by atoms with van der Waals surface area (Å²) in [7, 11) is 0. The van der Waals surface area contributed by atoms with E-state index in [9.17, 15) is 0 Å². The number of hydrogen-bond acceptors (Lipinski definition) is 7. The molecule has 1 aromatic rings. The molecule has 0 amide bonds. The van der Waals surface area contributed by atoms with Crippen LogP contribution in [0.2, 0.25) is 0 Å². The monoisotopic (exact) mass is 396 g/mol. The average Bonchev–Trinajstić information content (AvgIpc) is 3.52. The minimum absolute atomic E-state index is 0.0859. The largest absolute Gasteiger partial charge is 0.467 e. The Bertz CT molecular complexity index is 819. The van der Waals surface area contributed by atoms with Crippen LogP contribution in [-0.4, -0.2) is 44.2 Å². The molecular formula is C22H24N2O5. The number of ether oxygens (including phenoxy) is 4. The van der Waals surface area contributed by atoms with Crippen molar-refractivity contribution in [3.63, 3.8) is 0 Å². The van der Waals surface area contributed by atoms with Crippen LogP contribution in [0.1, 0.15) is 31.1 Å². The lowest BCUT2D eigenvalue weighted by molar-refractivity contribution is -0.0775. The molecule has 1 aromatic heterocycles. The van der Waals surface area contributed by atoms with E-state index >= 15 is 0 Å². The summed E-state index contributed by atoms with van der Waals surface area (Å²) in [5, 5.41) is 18.2.